The number of nitrogens with one attached hydrogen (secondary N) is 2. The van der Waals surface area contributed by atoms with Crippen molar-refractivity contribution >= 4 is 0 Å². The first-order valence-corrected chi connectivity index (χ1v) is 6.49. The molecule has 0 bridgehead atoms. The van der Waals surface area contributed by atoms with Gasteiger partial charge in [-0.15, -0.1) is 0 Å². The smallest absolute Gasteiger partial charge is 0.0204 e. The first kappa shape index (κ1) is 11.4. The Morgan fingerprint density at radius 2 is 2.07 bits per heavy atom. The minimum absolute atomic E-state index is 0.748. The molecule has 0 aliphatic carbocycles. The molecule has 0 radical (unpaired) electrons. The van der Waals surface area contributed by atoms with E-state index in [-0.39, 0.29) is 0 Å². The lowest BCUT2D eigenvalue weighted by atomic mass is 9.94. The Labute approximate surface area is 93.6 Å². The van der Waals surface area contributed by atoms with Gasteiger partial charge < -0.3 is 15.5 Å². The summed E-state index contributed by atoms with van der Waals surface area (Å²) in [7, 11) is 2.08. The van der Waals surface area contributed by atoms with E-state index in [0.29, 0.717) is 0 Å². The lowest BCUT2D eigenvalue weighted by Crippen LogP contribution is -2.32. The van der Waals surface area contributed by atoms with E-state index in [1.165, 1.54) is 58.4 Å². The van der Waals surface area contributed by atoms with Crippen LogP contribution in [0.5, 0.6) is 0 Å². The van der Waals surface area contributed by atoms with Crippen molar-refractivity contribution in [1.29, 1.82) is 0 Å². The molecule has 2 N–H and O–H groups in total. The normalized spacial score (nSPS) is 29.8. The van der Waals surface area contributed by atoms with Crippen molar-refractivity contribution in [3.05, 3.63) is 0 Å². The molecule has 2 aliphatic rings. The molecule has 2 rings (SSSR count). The van der Waals surface area contributed by atoms with E-state index in [2.05, 4.69) is 22.6 Å². The van der Waals surface area contributed by atoms with Crippen LogP contribution in [0.15, 0.2) is 0 Å². The van der Waals surface area contributed by atoms with E-state index in [1.54, 1.807) is 0 Å². The summed E-state index contributed by atoms with van der Waals surface area (Å²) in [6, 6.07) is 0.748. The SMILES string of the molecule is CNC1CCN(CCC2CCNCC2)C1. The Morgan fingerprint density at radius 1 is 1.27 bits per heavy atom. The van der Waals surface area contributed by atoms with Crippen LogP contribution in [0.1, 0.15) is 25.7 Å². The number of likely N-dealkylation sites (N-methyl/N-ethyl adjacent to an activating group) is 1. The number of rotatable bonds is 4. The van der Waals surface area contributed by atoms with Crippen LogP contribution >= 0.6 is 0 Å². The summed E-state index contributed by atoms with van der Waals surface area (Å²) < 4.78 is 0. The van der Waals surface area contributed by atoms with Gasteiger partial charge in [0.25, 0.3) is 0 Å². The minimum Gasteiger partial charge on any atom is -0.317 e. The van der Waals surface area contributed by atoms with Crippen LogP contribution < -0.4 is 10.6 Å². The molecule has 1 unspecified atom stereocenters. The van der Waals surface area contributed by atoms with Gasteiger partial charge in [-0.3, -0.25) is 0 Å². The summed E-state index contributed by atoms with van der Waals surface area (Å²) in [4.78, 5) is 2.63. The molecule has 0 spiro atoms. The lowest BCUT2D eigenvalue weighted by molar-refractivity contribution is 0.268. The van der Waals surface area contributed by atoms with Crippen LogP contribution in [0.25, 0.3) is 0 Å². The highest BCUT2D eigenvalue weighted by atomic mass is 15.2. The Morgan fingerprint density at radius 3 is 2.73 bits per heavy atom. The van der Waals surface area contributed by atoms with Gasteiger partial charge in [0.15, 0.2) is 0 Å². The summed E-state index contributed by atoms with van der Waals surface area (Å²) in [5.74, 6) is 0.986. The molecule has 0 aromatic heterocycles. The molecular weight excluding hydrogens is 186 g/mol. The number of nitrogens with zero attached hydrogens (tertiary/aromatic N) is 1. The zero-order valence-electron chi connectivity index (χ0n) is 9.97. The molecule has 15 heavy (non-hydrogen) atoms. The second-order valence-electron chi connectivity index (χ2n) is 5.06. The zero-order chi connectivity index (χ0) is 10.5. The van der Waals surface area contributed by atoms with Crippen molar-refractivity contribution in [3.8, 4) is 0 Å². The van der Waals surface area contributed by atoms with Gasteiger partial charge in [0.1, 0.15) is 0 Å². The fourth-order valence-corrected chi connectivity index (χ4v) is 2.81. The third-order valence-corrected chi connectivity index (χ3v) is 3.99. The second-order valence-corrected chi connectivity index (χ2v) is 5.06. The molecule has 2 fully saturated rings. The van der Waals surface area contributed by atoms with Crippen molar-refractivity contribution in [2.45, 2.75) is 31.7 Å². The second kappa shape index (κ2) is 5.83. The fourth-order valence-electron chi connectivity index (χ4n) is 2.81. The average molecular weight is 211 g/mol. The molecule has 1 atom stereocenters. The van der Waals surface area contributed by atoms with Gasteiger partial charge in [-0.1, -0.05) is 0 Å². The summed E-state index contributed by atoms with van der Waals surface area (Å²) in [6.07, 6.45) is 5.54. The van der Waals surface area contributed by atoms with Crippen molar-refractivity contribution in [2.24, 2.45) is 5.92 Å². The van der Waals surface area contributed by atoms with Gasteiger partial charge in [-0.05, 0) is 64.8 Å². The minimum atomic E-state index is 0.748. The molecule has 2 saturated heterocycles. The van der Waals surface area contributed by atoms with Gasteiger partial charge in [-0.25, -0.2) is 0 Å². The maximum Gasteiger partial charge on any atom is 0.0204 e. The molecule has 0 aromatic rings. The van der Waals surface area contributed by atoms with Crippen LogP contribution in [-0.2, 0) is 0 Å². The van der Waals surface area contributed by atoms with Crippen LogP contribution in [-0.4, -0.2) is 50.7 Å². The van der Waals surface area contributed by atoms with Crippen LogP contribution in [0.4, 0.5) is 0 Å². The predicted molar refractivity (Wildman–Crippen MR) is 64.1 cm³/mol. The highest BCUT2D eigenvalue weighted by molar-refractivity contribution is 4.80. The molecule has 3 heteroatoms. The molecular formula is C12H25N3. The van der Waals surface area contributed by atoms with E-state index in [4.69, 9.17) is 0 Å². The number of hydrogen-bond acceptors (Lipinski definition) is 3. The molecule has 2 aliphatic heterocycles. The molecule has 88 valence electrons. The maximum absolute atomic E-state index is 3.44. The fraction of sp³-hybridized carbons (Fsp3) is 1.00. The quantitative estimate of drug-likeness (QED) is 0.716. The van der Waals surface area contributed by atoms with Crippen molar-refractivity contribution < 1.29 is 0 Å². The number of hydrogen-bond donors (Lipinski definition) is 2. The third kappa shape index (κ3) is 3.44. The van der Waals surface area contributed by atoms with E-state index in [9.17, 15) is 0 Å². The van der Waals surface area contributed by atoms with E-state index in [1.807, 2.05) is 0 Å². The lowest BCUT2D eigenvalue weighted by Gasteiger charge is -2.25. The van der Waals surface area contributed by atoms with Gasteiger partial charge in [-0.2, -0.15) is 0 Å². The maximum atomic E-state index is 3.44. The van der Waals surface area contributed by atoms with E-state index in [0.717, 1.165) is 12.0 Å². The van der Waals surface area contributed by atoms with E-state index < -0.39 is 0 Å². The van der Waals surface area contributed by atoms with Crippen LogP contribution in [0, 0.1) is 5.92 Å². The van der Waals surface area contributed by atoms with Crippen molar-refractivity contribution in [1.82, 2.24) is 15.5 Å². The summed E-state index contributed by atoms with van der Waals surface area (Å²) in [6.45, 7) is 6.37. The van der Waals surface area contributed by atoms with Crippen molar-refractivity contribution in [3.63, 3.8) is 0 Å². The Bertz CT molecular complexity index is 178. The summed E-state index contributed by atoms with van der Waals surface area (Å²) >= 11 is 0. The monoisotopic (exact) mass is 211 g/mol. The van der Waals surface area contributed by atoms with Gasteiger partial charge >= 0.3 is 0 Å². The molecule has 0 aromatic carbocycles. The van der Waals surface area contributed by atoms with Crippen LogP contribution in [0.2, 0.25) is 0 Å². The molecule has 0 amide bonds. The Hall–Kier alpha value is -0.120. The average Bonchev–Trinajstić information content (AvgIpc) is 2.76. The van der Waals surface area contributed by atoms with Crippen molar-refractivity contribution in [2.75, 3.05) is 39.8 Å². The summed E-state index contributed by atoms with van der Waals surface area (Å²) in [5, 5.41) is 6.82. The van der Waals surface area contributed by atoms with Gasteiger partial charge in [0.2, 0.25) is 0 Å². The first-order chi connectivity index (χ1) is 7.38. The number of piperidine rings is 1. The molecule has 0 saturated carbocycles. The van der Waals surface area contributed by atoms with E-state index >= 15 is 0 Å². The highest BCUT2D eigenvalue weighted by Gasteiger charge is 2.21. The molecule has 3 nitrogen and oxygen atoms in total. The summed E-state index contributed by atoms with van der Waals surface area (Å²) in [5.41, 5.74) is 0. The Balaban J connectivity index is 1.61. The van der Waals surface area contributed by atoms with Gasteiger partial charge in [0.05, 0.1) is 0 Å². The highest BCUT2D eigenvalue weighted by Crippen LogP contribution is 2.18. The standard InChI is InChI=1S/C12H25N3/c1-13-12-5-9-15(10-12)8-4-11-2-6-14-7-3-11/h11-14H,2-10H2,1H3. The Kier molecular flexibility index (Phi) is 4.42. The largest absolute Gasteiger partial charge is 0.317 e. The predicted octanol–water partition coefficient (Wildman–Crippen LogP) is 0.670. The van der Waals surface area contributed by atoms with Gasteiger partial charge in [0, 0.05) is 12.6 Å². The first-order valence-electron chi connectivity index (χ1n) is 6.49. The zero-order valence-corrected chi connectivity index (χ0v) is 9.97. The third-order valence-electron chi connectivity index (χ3n) is 3.99. The number of likely N-dealkylation sites (tertiary alicyclic amines) is 1. The topological polar surface area (TPSA) is 27.3 Å². The molecule has 2 heterocycles. The van der Waals surface area contributed by atoms with Crippen LogP contribution in [0.3, 0.4) is 0 Å².